The van der Waals surface area contributed by atoms with Crippen LogP contribution in [-0.2, 0) is 11.2 Å². The number of likely N-dealkylation sites (tertiary alicyclic amines) is 2. The largest absolute Gasteiger partial charge is 0.371 e. The summed E-state index contributed by atoms with van der Waals surface area (Å²) in [5.41, 5.74) is 3.46. The van der Waals surface area contributed by atoms with Crippen LogP contribution < -0.4 is 15.1 Å². The average molecular weight is 811 g/mol. The summed E-state index contributed by atoms with van der Waals surface area (Å²) in [6.45, 7) is 9.38. The van der Waals surface area contributed by atoms with Gasteiger partial charge in [-0.3, -0.25) is 9.59 Å². The highest BCUT2D eigenvalue weighted by molar-refractivity contribution is 6.76. The molecule has 2 fully saturated rings. The second-order valence-electron chi connectivity index (χ2n) is 15.5. The highest BCUT2D eigenvalue weighted by Gasteiger charge is 2.41. The van der Waals surface area contributed by atoms with Gasteiger partial charge >= 0.3 is 0 Å². The number of nitrogens with one attached hydrogen (secondary N) is 1. The van der Waals surface area contributed by atoms with Crippen LogP contribution in [0, 0.1) is 5.82 Å². The maximum absolute atomic E-state index is 14.3. The van der Waals surface area contributed by atoms with E-state index >= 15 is 0 Å². The fourth-order valence-corrected chi connectivity index (χ4v) is 8.50. The summed E-state index contributed by atoms with van der Waals surface area (Å²) in [5, 5.41) is 2.97. The fourth-order valence-electron chi connectivity index (χ4n) is 8.36. The van der Waals surface area contributed by atoms with Gasteiger partial charge in [0.15, 0.2) is 0 Å². The Morgan fingerprint density at radius 3 is 1.87 bits per heavy atom. The van der Waals surface area contributed by atoms with Crippen molar-refractivity contribution in [2.24, 2.45) is 0 Å². The molecule has 296 valence electrons. The van der Waals surface area contributed by atoms with Crippen LogP contribution in [0.1, 0.15) is 80.1 Å². The van der Waals surface area contributed by atoms with Crippen molar-refractivity contribution in [3.05, 3.63) is 107 Å². The van der Waals surface area contributed by atoms with Crippen LogP contribution in [0.15, 0.2) is 90.5 Å². The molecule has 7 nitrogen and oxygen atoms in total. The molecule has 1 aliphatic carbocycles. The lowest BCUT2D eigenvalue weighted by Crippen LogP contribution is -2.51. The second-order valence-corrected chi connectivity index (χ2v) is 17.8. The minimum atomic E-state index is -2.15. The second kappa shape index (κ2) is 19.8. The zero-order chi connectivity index (χ0) is 38.7. The number of amides is 2. The molecule has 2 aliphatic heterocycles. The highest BCUT2D eigenvalue weighted by Crippen LogP contribution is 2.36. The number of anilines is 2. The third-order valence-electron chi connectivity index (χ3n) is 11.3. The van der Waals surface area contributed by atoms with Gasteiger partial charge in [-0.15, -0.1) is 0 Å². The van der Waals surface area contributed by atoms with Gasteiger partial charge in [0.2, 0.25) is 0 Å². The number of halogens is 4. The summed E-state index contributed by atoms with van der Waals surface area (Å²) in [4.78, 5) is 36.8. The molecule has 55 heavy (non-hydrogen) atoms. The molecule has 1 atom stereocenters. The summed E-state index contributed by atoms with van der Waals surface area (Å²) in [5.74, 6) is -1.19. The van der Waals surface area contributed by atoms with E-state index in [0.29, 0.717) is 31.4 Å². The molecule has 3 aromatic carbocycles. The van der Waals surface area contributed by atoms with Crippen molar-refractivity contribution in [2.75, 3.05) is 68.7 Å². The molecule has 1 unspecified atom stereocenters. The van der Waals surface area contributed by atoms with E-state index in [0.717, 1.165) is 55.8 Å². The van der Waals surface area contributed by atoms with E-state index in [-0.39, 0.29) is 11.7 Å². The van der Waals surface area contributed by atoms with Gasteiger partial charge in [-0.1, -0.05) is 89.6 Å². The predicted molar refractivity (Wildman–Crippen MR) is 225 cm³/mol. The van der Waals surface area contributed by atoms with E-state index in [4.69, 9.17) is 34.8 Å². The Bertz CT molecular complexity index is 1680. The Morgan fingerprint density at radius 1 is 0.745 bits per heavy atom. The molecule has 11 heteroatoms. The van der Waals surface area contributed by atoms with E-state index in [2.05, 4.69) is 44.3 Å². The molecule has 2 amide bonds. The smallest absolute Gasteiger partial charge is 0.272 e. The van der Waals surface area contributed by atoms with E-state index in [1.165, 1.54) is 82.5 Å². The van der Waals surface area contributed by atoms with Gasteiger partial charge in [0.05, 0.1) is 5.54 Å². The van der Waals surface area contributed by atoms with Crippen molar-refractivity contribution in [3.8, 4) is 0 Å². The zero-order valence-corrected chi connectivity index (χ0v) is 34.1. The number of alkyl halides is 3. The SMILES string of the molecule is O=C(c1ccccc1)N(CC1=CC(Cc2ccc(F)cc2)(NC(=O)C(Cl)(Cl)Cl)CC1)c1ccc(N(CCCN2CCCCC2)CCCN2CCCCC2)cc1. The molecule has 2 saturated heterocycles. The molecule has 0 saturated carbocycles. The Labute approximate surface area is 341 Å². The van der Waals surface area contributed by atoms with Gasteiger partial charge in [0, 0.05) is 36.6 Å². The number of hydrogen-bond donors (Lipinski definition) is 1. The van der Waals surface area contributed by atoms with Gasteiger partial charge < -0.3 is 24.9 Å². The van der Waals surface area contributed by atoms with Gasteiger partial charge in [-0.2, -0.15) is 0 Å². The Morgan fingerprint density at radius 2 is 1.31 bits per heavy atom. The molecule has 0 bridgehead atoms. The van der Waals surface area contributed by atoms with Crippen LogP contribution in [0.5, 0.6) is 0 Å². The average Bonchev–Trinajstić information content (AvgIpc) is 3.59. The molecule has 3 aromatic rings. The summed E-state index contributed by atoms with van der Waals surface area (Å²) in [6, 6.07) is 23.9. The third-order valence-corrected chi connectivity index (χ3v) is 11.8. The van der Waals surface area contributed by atoms with Gasteiger partial charge in [-0.25, -0.2) is 4.39 Å². The number of carbonyl (C=O) groups excluding carboxylic acids is 2. The van der Waals surface area contributed by atoms with Crippen molar-refractivity contribution >= 4 is 58.0 Å². The maximum Gasteiger partial charge on any atom is 0.272 e. The molecule has 0 aromatic heterocycles. The number of piperidine rings is 2. The lowest BCUT2D eigenvalue weighted by Gasteiger charge is -2.31. The lowest BCUT2D eigenvalue weighted by molar-refractivity contribution is -0.121. The number of rotatable bonds is 16. The van der Waals surface area contributed by atoms with Gasteiger partial charge in [0.1, 0.15) is 5.82 Å². The molecule has 0 spiro atoms. The molecule has 1 N–H and O–H groups in total. The van der Waals surface area contributed by atoms with E-state index in [1.54, 1.807) is 12.1 Å². The minimum Gasteiger partial charge on any atom is -0.371 e. The molecule has 6 rings (SSSR count). The topological polar surface area (TPSA) is 59.1 Å². The zero-order valence-electron chi connectivity index (χ0n) is 31.8. The first-order valence-corrected chi connectivity index (χ1v) is 21.2. The van der Waals surface area contributed by atoms with Crippen LogP contribution in [0.25, 0.3) is 0 Å². The number of benzene rings is 3. The Hall–Kier alpha value is -3.14. The molecular weight excluding hydrogens is 756 g/mol. The Balaban J connectivity index is 1.23. The lowest BCUT2D eigenvalue weighted by atomic mass is 9.90. The summed E-state index contributed by atoms with van der Waals surface area (Å²) >= 11 is 18.0. The standard InChI is InChI=1S/C44H55Cl3FN5O2/c45-44(46,47)42(55)49-43(32-35-14-16-38(48)17-15-35)23-22-36(33-43)34-53(41(54)37-12-4-1-5-13-37)40-20-18-39(19-21-40)52(30-10-28-50-24-6-2-7-25-50)31-11-29-51-26-8-3-9-27-51/h1,4-5,12-21,33H,2-3,6-11,22-32,34H2,(H,49,55). The summed E-state index contributed by atoms with van der Waals surface area (Å²) < 4.78 is 11.6. The Kier molecular flexibility index (Phi) is 15.0. The molecule has 3 aliphatic rings. The molecule has 0 radical (unpaired) electrons. The van der Waals surface area contributed by atoms with Crippen LogP contribution in [0.3, 0.4) is 0 Å². The highest BCUT2D eigenvalue weighted by atomic mass is 35.6. The van der Waals surface area contributed by atoms with Crippen LogP contribution in [0.4, 0.5) is 15.8 Å². The minimum absolute atomic E-state index is 0.115. The van der Waals surface area contributed by atoms with Crippen molar-refractivity contribution < 1.29 is 14.0 Å². The third kappa shape index (κ3) is 12.2. The maximum atomic E-state index is 14.3. The van der Waals surface area contributed by atoms with Crippen LogP contribution in [0.2, 0.25) is 0 Å². The van der Waals surface area contributed by atoms with E-state index < -0.39 is 15.2 Å². The number of nitrogens with zero attached hydrogens (tertiary/aromatic N) is 4. The summed E-state index contributed by atoms with van der Waals surface area (Å²) in [7, 11) is 0. The van der Waals surface area contributed by atoms with Crippen molar-refractivity contribution in [1.82, 2.24) is 15.1 Å². The van der Waals surface area contributed by atoms with Crippen LogP contribution >= 0.6 is 34.8 Å². The monoisotopic (exact) mass is 809 g/mol. The van der Waals surface area contributed by atoms with E-state index in [1.807, 2.05) is 41.3 Å². The van der Waals surface area contributed by atoms with Crippen molar-refractivity contribution in [2.45, 2.75) is 80.0 Å². The van der Waals surface area contributed by atoms with Gasteiger partial charge in [-0.05, 0) is 151 Å². The fraction of sp³-hybridized carbons (Fsp3) is 0.500. The first kappa shape index (κ1) is 41.5. The first-order chi connectivity index (χ1) is 26.6. The first-order valence-electron chi connectivity index (χ1n) is 20.1. The molecule has 2 heterocycles. The predicted octanol–water partition coefficient (Wildman–Crippen LogP) is 9.22. The normalized spacial score (nSPS) is 19.5. The van der Waals surface area contributed by atoms with Crippen molar-refractivity contribution in [1.29, 1.82) is 0 Å². The number of carbonyl (C=O) groups is 2. The number of hydrogen-bond acceptors (Lipinski definition) is 5. The summed E-state index contributed by atoms with van der Waals surface area (Å²) in [6.07, 6.45) is 13.6. The van der Waals surface area contributed by atoms with Gasteiger partial charge in [0.25, 0.3) is 15.6 Å². The quantitative estimate of drug-likeness (QED) is 0.116. The van der Waals surface area contributed by atoms with Crippen molar-refractivity contribution in [3.63, 3.8) is 0 Å². The molecular formula is C44H55Cl3FN5O2. The van der Waals surface area contributed by atoms with E-state index in [9.17, 15) is 14.0 Å². The van der Waals surface area contributed by atoms with Crippen LogP contribution in [-0.4, -0.2) is 89.8 Å².